The standard InChI is InChI=1S/C11H18N4O/c1-12-7-9-3-4-11(14-13-9)15-6-5-10(8-15)16-2/h3-4,10,12H,5-8H2,1-2H3. The van der Waals surface area contributed by atoms with E-state index in [1.165, 1.54) is 0 Å². The number of anilines is 1. The lowest BCUT2D eigenvalue weighted by molar-refractivity contribution is 0.121. The minimum atomic E-state index is 0.332. The van der Waals surface area contributed by atoms with Crippen LogP contribution < -0.4 is 10.2 Å². The summed E-state index contributed by atoms with van der Waals surface area (Å²) in [6.07, 6.45) is 1.40. The third kappa shape index (κ3) is 2.48. The molecule has 5 heteroatoms. The Morgan fingerprint density at radius 2 is 2.38 bits per heavy atom. The number of aromatic nitrogens is 2. The van der Waals surface area contributed by atoms with Crippen molar-refractivity contribution < 1.29 is 4.74 Å². The van der Waals surface area contributed by atoms with E-state index in [0.29, 0.717) is 6.10 Å². The molecule has 2 rings (SSSR count). The fraction of sp³-hybridized carbons (Fsp3) is 0.636. The second-order valence-electron chi connectivity index (χ2n) is 4.01. The van der Waals surface area contributed by atoms with Crippen LogP contribution >= 0.6 is 0 Å². The number of ether oxygens (including phenoxy) is 1. The molecule has 1 atom stereocenters. The third-order valence-electron chi connectivity index (χ3n) is 2.87. The van der Waals surface area contributed by atoms with Crippen LogP contribution in [-0.2, 0) is 11.3 Å². The summed E-state index contributed by atoms with van der Waals surface area (Å²) in [6, 6.07) is 4.04. The molecule has 1 aliphatic rings. The smallest absolute Gasteiger partial charge is 0.151 e. The lowest BCUT2D eigenvalue weighted by Gasteiger charge is -2.16. The van der Waals surface area contributed by atoms with Gasteiger partial charge < -0.3 is 15.0 Å². The van der Waals surface area contributed by atoms with E-state index in [2.05, 4.69) is 20.4 Å². The van der Waals surface area contributed by atoms with Crippen LogP contribution in [-0.4, -0.2) is 43.5 Å². The maximum atomic E-state index is 5.33. The fourth-order valence-electron chi connectivity index (χ4n) is 1.93. The first kappa shape index (κ1) is 11.3. The molecule has 0 saturated carbocycles. The molecule has 0 aromatic carbocycles. The van der Waals surface area contributed by atoms with Crippen LogP contribution in [0.1, 0.15) is 12.1 Å². The van der Waals surface area contributed by atoms with Crippen molar-refractivity contribution in [3.8, 4) is 0 Å². The van der Waals surface area contributed by atoms with E-state index in [0.717, 1.165) is 37.6 Å². The van der Waals surface area contributed by atoms with Gasteiger partial charge in [-0.2, -0.15) is 5.10 Å². The molecule has 1 aliphatic heterocycles. The average Bonchev–Trinajstić information content (AvgIpc) is 2.79. The maximum Gasteiger partial charge on any atom is 0.151 e. The first-order valence-electron chi connectivity index (χ1n) is 5.58. The summed E-state index contributed by atoms with van der Waals surface area (Å²) in [5.41, 5.74) is 0.966. The van der Waals surface area contributed by atoms with Crippen molar-refractivity contribution in [2.75, 3.05) is 32.1 Å². The second-order valence-corrected chi connectivity index (χ2v) is 4.01. The van der Waals surface area contributed by atoms with E-state index in [-0.39, 0.29) is 0 Å². The Labute approximate surface area is 95.8 Å². The molecule has 0 amide bonds. The van der Waals surface area contributed by atoms with E-state index >= 15 is 0 Å². The quantitative estimate of drug-likeness (QED) is 0.800. The van der Waals surface area contributed by atoms with Gasteiger partial charge in [-0.3, -0.25) is 0 Å². The van der Waals surface area contributed by atoms with Crippen LogP contribution in [0.25, 0.3) is 0 Å². The molecule has 5 nitrogen and oxygen atoms in total. The van der Waals surface area contributed by atoms with Gasteiger partial charge in [-0.05, 0) is 25.6 Å². The van der Waals surface area contributed by atoms with Crippen LogP contribution in [0.3, 0.4) is 0 Å². The number of nitrogens with zero attached hydrogens (tertiary/aromatic N) is 3. The summed E-state index contributed by atoms with van der Waals surface area (Å²) >= 11 is 0. The zero-order valence-corrected chi connectivity index (χ0v) is 9.81. The predicted molar refractivity (Wildman–Crippen MR) is 62.4 cm³/mol. The first-order chi connectivity index (χ1) is 7.83. The minimum absolute atomic E-state index is 0.332. The van der Waals surface area contributed by atoms with Gasteiger partial charge in [0.1, 0.15) is 0 Å². The SMILES string of the molecule is CNCc1ccc(N2CCC(OC)C2)nn1. The molecular weight excluding hydrogens is 204 g/mol. The highest BCUT2D eigenvalue weighted by molar-refractivity contribution is 5.38. The number of rotatable bonds is 4. The Morgan fingerprint density at radius 1 is 1.50 bits per heavy atom. The number of nitrogens with one attached hydrogen (secondary N) is 1. The summed E-state index contributed by atoms with van der Waals surface area (Å²) < 4.78 is 5.33. The normalized spacial score (nSPS) is 20.4. The van der Waals surface area contributed by atoms with E-state index in [1.807, 2.05) is 19.2 Å². The van der Waals surface area contributed by atoms with Gasteiger partial charge >= 0.3 is 0 Å². The molecule has 0 spiro atoms. The highest BCUT2D eigenvalue weighted by atomic mass is 16.5. The molecule has 1 saturated heterocycles. The van der Waals surface area contributed by atoms with Gasteiger partial charge in [-0.1, -0.05) is 0 Å². The Morgan fingerprint density at radius 3 is 2.94 bits per heavy atom. The van der Waals surface area contributed by atoms with Gasteiger partial charge in [0, 0.05) is 26.7 Å². The number of methoxy groups -OCH3 is 1. The summed E-state index contributed by atoms with van der Waals surface area (Å²) in [7, 11) is 3.66. The molecule has 16 heavy (non-hydrogen) atoms. The maximum absolute atomic E-state index is 5.33. The third-order valence-corrected chi connectivity index (χ3v) is 2.87. The van der Waals surface area contributed by atoms with E-state index < -0.39 is 0 Å². The molecule has 1 aromatic rings. The van der Waals surface area contributed by atoms with Crippen molar-refractivity contribution in [1.29, 1.82) is 0 Å². The molecule has 1 unspecified atom stereocenters. The van der Waals surface area contributed by atoms with Crippen LogP contribution in [0.4, 0.5) is 5.82 Å². The highest BCUT2D eigenvalue weighted by Crippen LogP contribution is 2.18. The van der Waals surface area contributed by atoms with Gasteiger partial charge in [0.25, 0.3) is 0 Å². The molecule has 0 aliphatic carbocycles. The lowest BCUT2D eigenvalue weighted by atomic mass is 10.3. The molecule has 1 fully saturated rings. The van der Waals surface area contributed by atoms with Gasteiger partial charge in [0.15, 0.2) is 5.82 Å². The Kier molecular flexibility index (Phi) is 3.69. The topological polar surface area (TPSA) is 50.3 Å². The summed E-state index contributed by atoms with van der Waals surface area (Å²) in [6.45, 7) is 2.67. The second kappa shape index (κ2) is 5.23. The number of hydrogen-bond acceptors (Lipinski definition) is 5. The van der Waals surface area contributed by atoms with Gasteiger partial charge in [0.2, 0.25) is 0 Å². The predicted octanol–water partition coefficient (Wildman–Crippen LogP) is 0.421. The van der Waals surface area contributed by atoms with Crippen LogP contribution in [0.2, 0.25) is 0 Å². The van der Waals surface area contributed by atoms with Crippen molar-refractivity contribution in [1.82, 2.24) is 15.5 Å². The van der Waals surface area contributed by atoms with E-state index in [4.69, 9.17) is 4.74 Å². The summed E-state index contributed by atoms with van der Waals surface area (Å²) in [5.74, 6) is 0.944. The lowest BCUT2D eigenvalue weighted by Crippen LogP contribution is -2.23. The van der Waals surface area contributed by atoms with E-state index in [1.54, 1.807) is 7.11 Å². The molecule has 1 N–H and O–H groups in total. The van der Waals surface area contributed by atoms with Crippen molar-refractivity contribution in [3.05, 3.63) is 17.8 Å². The van der Waals surface area contributed by atoms with E-state index in [9.17, 15) is 0 Å². The zero-order valence-electron chi connectivity index (χ0n) is 9.81. The zero-order chi connectivity index (χ0) is 11.4. The van der Waals surface area contributed by atoms with Gasteiger partial charge in [0.05, 0.1) is 11.8 Å². The molecule has 0 radical (unpaired) electrons. The van der Waals surface area contributed by atoms with Crippen LogP contribution in [0.5, 0.6) is 0 Å². The summed E-state index contributed by atoms with van der Waals surface area (Å²) in [5, 5.41) is 11.5. The fourth-order valence-corrected chi connectivity index (χ4v) is 1.93. The van der Waals surface area contributed by atoms with Crippen molar-refractivity contribution in [2.45, 2.75) is 19.1 Å². The van der Waals surface area contributed by atoms with Crippen molar-refractivity contribution in [3.63, 3.8) is 0 Å². The Hall–Kier alpha value is -1.20. The molecule has 1 aromatic heterocycles. The van der Waals surface area contributed by atoms with Gasteiger partial charge in [-0.25, -0.2) is 0 Å². The molecular formula is C11H18N4O. The Balaban J connectivity index is 1.99. The highest BCUT2D eigenvalue weighted by Gasteiger charge is 2.23. The molecule has 0 bridgehead atoms. The summed E-state index contributed by atoms with van der Waals surface area (Å²) in [4.78, 5) is 2.21. The number of hydrogen-bond donors (Lipinski definition) is 1. The average molecular weight is 222 g/mol. The monoisotopic (exact) mass is 222 g/mol. The van der Waals surface area contributed by atoms with Gasteiger partial charge in [-0.15, -0.1) is 5.10 Å². The Bertz CT molecular complexity index is 327. The van der Waals surface area contributed by atoms with Crippen molar-refractivity contribution >= 4 is 5.82 Å². The largest absolute Gasteiger partial charge is 0.380 e. The molecule has 88 valence electrons. The van der Waals surface area contributed by atoms with Crippen LogP contribution in [0, 0.1) is 0 Å². The molecule has 2 heterocycles. The minimum Gasteiger partial charge on any atom is -0.380 e. The van der Waals surface area contributed by atoms with Crippen LogP contribution in [0.15, 0.2) is 12.1 Å². The van der Waals surface area contributed by atoms with Crippen molar-refractivity contribution in [2.24, 2.45) is 0 Å². The first-order valence-corrected chi connectivity index (χ1v) is 5.58.